The molecule has 0 aliphatic rings. The highest BCUT2D eigenvalue weighted by atomic mass is 79.9. The minimum Gasteiger partial charge on any atom is -0.320 e. The van der Waals surface area contributed by atoms with Gasteiger partial charge in [-0.1, -0.05) is 15.9 Å². The third kappa shape index (κ3) is 3.07. The quantitative estimate of drug-likeness (QED) is 0.744. The minimum absolute atomic E-state index is 0.132. The molecule has 0 bridgehead atoms. The van der Waals surface area contributed by atoms with Crippen molar-refractivity contribution in [3.8, 4) is 0 Å². The Morgan fingerprint density at radius 1 is 1.25 bits per heavy atom. The van der Waals surface area contributed by atoms with Crippen molar-refractivity contribution in [3.63, 3.8) is 0 Å². The Kier molecular flexibility index (Phi) is 4.44. The number of aromatic nitrogens is 2. The fraction of sp³-hybridized carbons (Fsp3) is 0.118. The molecule has 3 aromatic rings. The van der Waals surface area contributed by atoms with Gasteiger partial charge in [-0.15, -0.1) is 0 Å². The van der Waals surface area contributed by atoms with Crippen LogP contribution in [0.4, 0.5) is 10.1 Å². The summed E-state index contributed by atoms with van der Waals surface area (Å²) in [7, 11) is 0. The zero-order valence-electron chi connectivity index (χ0n) is 12.7. The Hall–Kier alpha value is -2.54. The van der Waals surface area contributed by atoms with Crippen molar-refractivity contribution in [2.45, 2.75) is 13.5 Å². The summed E-state index contributed by atoms with van der Waals surface area (Å²) in [6, 6.07) is 10.8. The van der Waals surface area contributed by atoms with E-state index in [-0.39, 0.29) is 11.1 Å². The molecule has 122 valence electrons. The number of anilines is 1. The Morgan fingerprint density at radius 3 is 2.62 bits per heavy atom. The SMILES string of the molecule is CCn1nc(C(=O)Nc2ccc(Br)cc2)c(=O)c2cc(F)ccc21. The average molecular weight is 390 g/mol. The fourth-order valence-corrected chi connectivity index (χ4v) is 2.64. The van der Waals surface area contributed by atoms with Gasteiger partial charge >= 0.3 is 0 Å². The predicted octanol–water partition coefficient (Wildman–Crippen LogP) is 3.57. The number of aryl methyl sites for hydroxylation is 1. The first-order chi connectivity index (χ1) is 11.5. The van der Waals surface area contributed by atoms with E-state index in [1.54, 1.807) is 24.3 Å². The number of fused-ring (bicyclic) bond motifs is 1. The molecule has 0 atom stereocenters. The molecule has 0 saturated carbocycles. The molecule has 0 saturated heterocycles. The first kappa shape index (κ1) is 16.3. The van der Waals surface area contributed by atoms with Gasteiger partial charge in [-0.25, -0.2) is 4.39 Å². The molecular weight excluding hydrogens is 377 g/mol. The van der Waals surface area contributed by atoms with Crippen LogP contribution in [-0.2, 0) is 6.54 Å². The molecule has 1 heterocycles. The predicted molar refractivity (Wildman–Crippen MR) is 93.7 cm³/mol. The van der Waals surface area contributed by atoms with E-state index in [1.165, 1.54) is 16.8 Å². The smallest absolute Gasteiger partial charge is 0.280 e. The largest absolute Gasteiger partial charge is 0.320 e. The second-order valence-electron chi connectivity index (χ2n) is 5.12. The van der Waals surface area contributed by atoms with Crippen LogP contribution >= 0.6 is 15.9 Å². The van der Waals surface area contributed by atoms with Crippen LogP contribution in [-0.4, -0.2) is 15.7 Å². The zero-order chi connectivity index (χ0) is 17.3. The highest BCUT2D eigenvalue weighted by Gasteiger charge is 2.17. The number of halogens is 2. The van der Waals surface area contributed by atoms with Gasteiger partial charge in [0.2, 0.25) is 5.43 Å². The first-order valence-corrected chi connectivity index (χ1v) is 8.06. The van der Waals surface area contributed by atoms with Crippen LogP contribution in [0.15, 0.2) is 51.7 Å². The van der Waals surface area contributed by atoms with Gasteiger partial charge in [0.05, 0.1) is 10.9 Å². The number of benzene rings is 2. The van der Waals surface area contributed by atoms with E-state index in [4.69, 9.17) is 0 Å². The first-order valence-electron chi connectivity index (χ1n) is 7.27. The fourth-order valence-electron chi connectivity index (χ4n) is 2.38. The van der Waals surface area contributed by atoms with Gasteiger partial charge in [0.1, 0.15) is 5.82 Å². The number of carbonyl (C=O) groups is 1. The van der Waals surface area contributed by atoms with Crippen LogP contribution in [0, 0.1) is 5.82 Å². The molecule has 0 aliphatic heterocycles. The normalized spacial score (nSPS) is 10.8. The van der Waals surface area contributed by atoms with Crippen LogP contribution in [0.25, 0.3) is 10.9 Å². The van der Waals surface area contributed by atoms with Gasteiger partial charge in [0.25, 0.3) is 5.91 Å². The van der Waals surface area contributed by atoms with Crippen LogP contribution in [0.2, 0.25) is 0 Å². The summed E-state index contributed by atoms with van der Waals surface area (Å²) in [4.78, 5) is 24.9. The van der Waals surface area contributed by atoms with Crippen LogP contribution < -0.4 is 10.7 Å². The summed E-state index contributed by atoms with van der Waals surface area (Å²) in [6.45, 7) is 2.28. The van der Waals surface area contributed by atoms with Crippen molar-refractivity contribution >= 4 is 38.4 Å². The second-order valence-corrected chi connectivity index (χ2v) is 6.03. The standard InChI is InChI=1S/C17H13BrFN3O2/c1-2-22-14-8-5-11(19)9-13(14)16(23)15(21-22)17(24)20-12-6-3-10(18)4-7-12/h3-9H,2H2,1H3,(H,20,24). The lowest BCUT2D eigenvalue weighted by Crippen LogP contribution is -2.27. The summed E-state index contributed by atoms with van der Waals surface area (Å²) in [5, 5.41) is 6.88. The molecule has 0 unspecified atom stereocenters. The number of nitrogens with one attached hydrogen (secondary N) is 1. The highest BCUT2D eigenvalue weighted by molar-refractivity contribution is 9.10. The lowest BCUT2D eigenvalue weighted by atomic mass is 10.2. The summed E-state index contributed by atoms with van der Waals surface area (Å²) in [6.07, 6.45) is 0. The molecule has 1 N–H and O–H groups in total. The Bertz CT molecular complexity index is 984. The maximum absolute atomic E-state index is 13.5. The lowest BCUT2D eigenvalue weighted by molar-refractivity contribution is 0.101. The molecule has 2 aromatic carbocycles. The molecule has 5 nitrogen and oxygen atoms in total. The van der Waals surface area contributed by atoms with Crippen molar-refractivity contribution in [2.24, 2.45) is 0 Å². The molecule has 0 radical (unpaired) electrons. The number of carbonyl (C=O) groups excluding carboxylic acids is 1. The van der Waals surface area contributed by atoms with Crippen molar-refractivity contribution in [1.82, 2.24) is 9.78 Å². The summed E-state index contributed by atoms with van der Waals surface area (Å²) in [5.74, 6) is -1.16. The topological polar surface area (TPSA) is 64.0 Å². The molecule has 1 amide bonds. The Labute approximate surface area is 145 Å². The molecule has 24 heavy (non-hydrogen) atoms. The zero-order valence-corrected chi connectivity index (χ0v) is 14.3. The molecule has 7 heteroatoms. The minimum atomic E-state index is -0.629. The summed E-state index contributed by atoms with van der Waals surface area (Å²) in [5.41, 5.74) is 0.164. The van der Waals surface area contributed by atoms with E-state index in [0.717, 1.165) is 10.5 Å². The molecule has 0 spiro atoms. The van der Waals surface area contributed by atoms with Crippen molar-refractivity contribution in [1.29, 1.82) is 0 Å². The molecule has 0 fully saturated rings. The van der Waals surface area contributed by atoms with E-state index in [9.17, 15) is 14.0 Å². The maximum atomic E-state index is 13.5. The van der Waals surface area contributed by atoms with Gasteiger partial charge in [-0.2, -0.15) is 5.10 Å². The van der Waals surface area contributed by atoms with Crippen LogP contribution in [0.3, 0.4) is 0 Å². The van der Waals surface area contributed by atoms with Gasteiger partial charge in [-0.05, 0) is 49.4 Å². The van der Waals surface area contributed by atoms with E-state index >= 15 is 0 Å². The van der Waals surface area contributed by atoms with E-state index in [2.05, 4.69) is 26.3 Å². The molecule has 3 rings (SSSR count). The molecule has 0 aliphatic carbocycles. The van der Waals surface area contributed by atoms with Gasteiger partial charge in [0.15, 0.2) is 5.69 Å². The summed E-state index contributed by atoms with van der Waals surface area (Å²) < 4.78 is 15.9. The third-order valence-electron chi connectivity index (χ3n) is 3.53. The van der Waals surface area contributed by atoms with Crippen molar-refractivity contribution < 1.29 is 9.18 Å². The second kappa shape index (κ2) is 6.52. The molecule has 1 aromatic heterocycles. The van der Waals surface area contributed by atoms with E-state index < -0.39 is 17.2 Å². The molecular formula is C17H13BrFN3O2. The maximum Gasteiger partial charge on any atom is 0.280 e. The average Bonchev–Trinajstić information content (AvgIpc) is 2.57. The number of hydrogen-bond acceptors (Lipinski definition) is 3. The van der Waals surface area contributed by atoms with Gasteiger partial charge < -0.3 is 5.32 Å². The van der Waals surface area contributed by atoms with Crippen molar-refractivity contribution in [2.75, 3.05) is 5.32 Å². The lowest BCUT2D eigenvalue weighted by Gasteiger charge is -2.10. The van der Waals surface area contributed by atoms with Crippen LogP contribution in [0.5, 0.6) is 0 Å². The van der Waals surface area contributed by atoms with Crippen LogP contribution in [0.1, 0.15) is 17.4 Å². The Balaban J connectivity index is 2.08. The number of hydrogen-bond donors (Lipinski definition) is 1. The highest BCUT2D eigenvalue weighted by Crippen LogP contribution is 2.16. The monoisotopic (exact) mass is 389 g/mol. The number of amides is 1. The number of nitrogens with zero attached hydrogens (tertiary/aromatic N) is 2. The van der Waals surface area contributed by atoms with Gasteiger partial charge in [0, 0.05) is 16.7 Å². The van der Waals surface area contributed by atoms with E-state index in [1.807, 2.05) is 6.92 Å². The van der Waals surface area contributed by atoms with E-state index in [0.29, 0.717) is 17.7 Å². The summed E-state index contributed by atoms with van der Waals surface area (Å²) >= 11 is 3.31. The Morgan fingerprint density at radius 2 is 1.96 bits per heavy atom. The van der Waals surface area contributed by atoms with Crippen molar-refractivity contribution in [3.05, 3.63) is 68.7 Å². The van der Waals surface area contributed by atoms with Gasteiger partial charge in [-0.3, -0.25) is 14.3 Å². The number of rotatable bonds is 3. The third-order valence-corrected chi connectivity index (χ3v) is 4.06.